The first-order valence-corrected chi connectivity index (χ1v) is 10.1. The van der Waals surface area contributed by atoms with Crippen LogP contribution in [0.2, 0.25) is 0 Å². The maximum absolute atomic E-state index is 14.7. The van der Waals surface area contributed by atoms with Gasteiger partial charge in [-0.2, -0.15) is 0 Å². The molecule has 1 saturated carbocycles. The van der Waals surface area contributed by atoms with E-state index in [1.54, 1.807) is 24.3 Å². The maximum Gasteiger partial charge on any atom is 0.281 e. The van der Waals surface area contributed by atoms with Crippen molar-refractivity contribution in [2.75, 3.05) is 0 Å². The van der Waals surface area contributed by atoms with Crippen molar-refractivity contribution in [3.8, 4) is 22.4 Å². The number of pyridine rings is 2. The number of hydrogen-bond donors (Lipinski definition) is 1. The van der Waals surface area contributed by atoms with E-state index in [2.05, 4.69) is 9.97 Å². The molecule has 156 valence electrons. The minimum atomic E-state index is -2.77. The topological polar surface area (TPSA) is 46.0 Å². The smallest absolute Gasteiger partial charge is 0.281 e. The van der Waals surface area contributed by atoms with Crippen LogP contribution in [0.5, 0.6) is 0 Å². The summed E-state index contributed by atoms with van der Waals surface area (Å²) in [6.45, 7) is 0. The van der Waals surface area contributed by atoms with Crippen molar-refractivity contribution in [2.45, 2.75) is 31.3 Å². The molecule has 6 heteroatoms. The van der Waals surface area contributed by atoms with Crippen molar-refractivity contribution < 1.29 is 18.3 Å². The molecule has 31 heavy (non-hydrogen) atoms. The highest BCUT2D eigenvalue weighted by Gasteiger charge is 2.36. The number of halogens is 3. The summed E-state index contributed by atoms with van der Waals surface area (Å²) in [6, 6.07) is 16.7. The number of aliphatic hydroxyl groups is 1. The monoisotopic (exact) mass is 420 g/mol. The van der Waals surface area contributed by atoms with Crippen molar-refractivity contribution in [1.82, 2.24) is 9.97 Å². The Labute approximate surface area is 177 Å². The van der Waals surface area contributed by atoms with Crippen LogP contribution < -0.4 is 0 Å². The number of benzene rings is 2. The molecular weight excluding hydrogens is 401 g/mol. The molecule has 2 aromatic carbocycles. The van der Waals surface area contributed by atoms with Crippen molar-refractivity contribution in [3.05, 3.63) is 83.9 Å². The van der Waals surface area contributed by atoms with Gasteiger partial charge >= 0.3 is 0 Å². The van der Waals surface area contributed by atoms with Gasteiger partial charge in [0.1, 0.15) is 11.5 Å². The molecule has 2 heterocycles. The first-order valence-electron chi connectivity index (χ1n) is 10.1. The third-order valence-corrected chi connectivity index (χ3v) is 6.02. The lowest BCUT2D eigenvalue weighted by atomic mass is 9.75. The summed E-state index contributed by atoms with van der Waals surface area (Å²) in [5.41, 5.74) is 1.91. The zero-order chi connectivity index (χ0) is 21.6. The van der Waals surface area contributed by atoms with Gasteiger partial charge in [-0.1, -0.05) is 42.5 Å². The van der Waals surface area contributed by atoms with Crippen LogP contribution in [0.15, 0.2) is 66.9 Å². The van der Waals surface area contributed by atoms with E-state index in [0.717, 1.165) is 24.8 Å². The Bertz CT molecular complexity index is 1270. The second-order valence-corrected chi connectivity index (χ2v) is 7.89. The molecule has 0 aliphatic heterocycles. The molecule has 0 bridgehead atoms. The average Bonchev–Trinajstić information content (AvgIpc) is 2.76. The van der Waals surface area contributed by atoms with Crippen LogP contribution in [0.1, 0.15) is 36.9 Å². The molecule has 0 saturated heterocycles. The Kier molecular flexibility index (Phi) is 4.74. The van der Waals surface area contributed by atoms with Crippen LogP contribution >= 0.6 is 0 Å². The number of alkyl halides is 2. The van der Waals surface area contributed by atoms with Crippen molar-refractivity contribution in [3.63, 3.8) is 0 Å². The SMILES string of the molecule is OC1(c2ccc(-c3nc4ccnc(C(F)F)c4cc3-c3ccccc3F)cc2)CCC1. The number of fused-ring (bicyclic) bond motifs is 1. The summed E-state index contributed by atoms with van der Waals surface area (Å²) in [7, 11) is 0. The zero-order valence-electron chi connectivity index (χ0n) is 16.5. The molecular formula is C25H19F3N2O. The van der Waals surface area contributed by atoms with Gasteiger partial charge < -0.3 is 5.11 Å². The normalized spacial score (nSPS) is 15.3. The largest absolute Gasteiger partial charge is 0.385 e. The van der Waals surface area contributed by atoms with E-state index in [0.29, 0.717) is 22.3 Å². The highest BCUT2D eigenvalue weighted by molar-refractivity contribution is 5.92. The Morgan fingerprint density at radius 2 is 1.68 bits per heavy atom. The predicted octanol–water partition coefficient (Wildman–Crippen LogP) is 6.41. The molecule has 0 atom stereocenters. The fraction of sp³-hybridized carbons (Fsp3) is 0.200. The molecule has 2 aromatic heterocycles. The highest BCUT2D eigenvalue weighted by atomic mass is 19.3. The van der Waals surface area contributed by atoms with Crippen molar-refractivity contribution in [1.29, 1.82) is 0 Å². The van der Waals surface area contributed by atoms with Gasteiger partial charge in [0.05, 0.1) is 16.8 Å². The van der Waals surface area contributed by atoms with Crippen LogP contribution in [0.3, 0.4) is 0 Å². The molecule has 4 aromatic rings. The molecule has 1 aliphatic rings. The van der Waals surface area contributed by atoms with Gasteiger partial charge in [0, 0.05) is 28.3 Å². The van der Waals surface area contributed by atoms with Crippen LogP contribution in [0, 0.1) is 5.82 Å². The quantitative estimate of drug-likeness (QED) is 0.415. The van der Waals surface area contributed by atoms with Crippen LogP contribution in [0.4, 0.5) is 13.2 Å². The first-order chi connectivity index (χ1) is 15.0. The van der Waals surface area contributed by atoms with E-state index >= 15 is 0 Å². The lowest BCUT2D eigenvalue weighted by Gasteiger charge is -2.37. The summed E-state index contributed by atoms with van der Waals surface area (Å²) in [5, 5.41) is 10.8. The van der Waals surface area contributed by atoms with Crippen molar-refractivity contribution >= 4 is 10.9 Å². The highest BCUT2D eigenvalue weighted by Crippen LogP contribution is 2.42. The third kappa shape index (κ3) is 3.37. The minimum Gasteiger partial charge on any atom is -0.385 e. The summed E-state index contributed by atoms with van der Waals surface area (Å²) < 4.78 is 41.8. The maximum atomic E-state index is 14.7. The van der Waals surface area contributed by atoms with Crippen molar-refractivity contribution in [2.24, 2.45) is 0 Å². The Morgan fingerprint density at radius 3 is 2.32 bits per heavy atom. The second-order valence-electron chi connectivity index (χ2n) is 7.89. The van der Waals surface area contributed by atoms with E-state index in [-0.39, 0.29) is 16.6 Å². The predicted molar refractivity (Wildman–Crippen MR) is 113 cm³/mol. The van der Waals surface area contributed by atoms with Gasteiger partial charge in [-0.15, -0.1) is 0 Å². The van der Waals surface area contributed by atoms with Gasteiger partial charge in [0.2, 0.25) is 0 Å². The van der Waals surface area contributed by atoms with E-state index in [1.165, 1.54) is 18.3 Å². The first kappa shape index (κ1) is 19.7. The third-order valence-electron chi connectivity index (χ3n) is 6.02. The summed E-state index contributed by atoms with van der Waals surface area (Å²) in [4.78, 5) is 8.44. The summed E-state index contributed by atoms with van der Waals surface area (Å²) >= 11 is 0. The van der Waals surface area contributed by atoms with E-state index < -0.39 is 17.8 Å². The van der Waals surface area contributed by atoms with Gasteiger partial charge in [-0.05, 0) is 43.0 Å². The van der Waals surface area contributed by atoms with E-state index in [9.17, 15) is 18.3 Å². The van der Waals surface area contributed by atoms with Crippen LogP contribution in [-0.4, -0.2) is 15.1 Å². The van der Waals surface area contributed by atoms with Gasteiger partial charge in [-0.3, -0.25) is 4.98 Å². The number of hydrogen-bond acceptors (Lipinski definition) is 3. The number of nitrogens with zero attached hydrogens (tertiary/aromatic N) is 2. The molecule has 5 rings (SSSR count). The molecule has 0 amide bonds. The average molecular weight is 420 g/mol. The lowest BCUT2D eigenvalue weighted by molar-refractivity contribution is -0.0387. The van der Waals surface area contributed by atoms with E-state index in [4.69, 9.17) is 0 Å². The molecule has 0 unspecified atom stereocenters. The number of rotatable bonds is 4. The van der Waals surface area contributed by atoms with Gasteiger partial charge in [-0.25, -0.2) is 18.2 Å². The molecule has 0 radical (unpaired) electrons. The lowest BCUT2D eigenvalue weighted by Crippen LogP contribution is -2.33. The molecule has 1 fully saturated rings. The van der Waals surface area contributed by atoms with Crippen LogP contribution in [0.25, 0.3) is 33.3 Å². The Balaban J connectivity index is 1.73. The minimum absolute atomic E-state index is 0.194. The van der Waals surface area contributed by atoms with E-state index in [1.807, 2.05) is 24.3 Å². The Morgan fingerprint density at radius 1 is 0.935 bits per heavy atom. The summed E-state index contributed by atoms with van der Waals surface area (Å²) in [5.74, 6) is -0.465. The standard InChI is InChI=1S/C25H19F3N2O/c26-20-5-2-1-4-17(20)18-14-19-21(10-13-29-23(19)24(27)28)30-22(18)15-6-8-16(9-7-15)25(31)11-3-12-25/h1-2,4-10,13-14,24,31H,3,11-12H2. The molecule has 0 spiro atoms. The molecule has 1 N–H and O–H groups in total. The molecule has 1 aliphatic carbocycles. The molecule has 3 nitrogen and oxygen atoms in total. The fourth-order valence-electron chi connectivity index (χ4n) is 4.14. The van der Waals surface area contributed by atoms with Gasteiger partial charge in [0.25, 0.3) is 6.43 Å². The van der Waals surface area contributed by atoms with Crippen LogP contribution in [-0.2, 0) is 5.60 Å². The number of aromatic nitrogens is 2. The zero-order valence-corrected chi connectivity index (χ0v) is 16.5. The van der Waals surface area contributed by atoms with Gasteiger partial charge in [0.15, 0.2) is 0 Å². The Hall–Kier alpha value is -3.25. The fourth-order valence-corrected chi connectivity index (χ4v) is 4.14. The summed E-state index contributed by atoms with van der Waals surface area (Å²) in [6.07, 6.45) is 0.975. The second kappa shape index (κ2) is 7.46.